The molecule has 4 rings (SSSR count). The number of rotatable bonds is 5. The van der Waals surface area contributed by atoms with Crippen LogP contribution >= 0.6 is 0 Å². The van der Waals surface area contributed by atoms with Crippen molar-refractivity contribution >= 4 is 11.8 Å². The summed E-state index contributed by atoms with van der Waals surface area (Å²) in [4.78, 5) is 38.2. The van der Waals surface area contributed by atoms with Gasteiger partial charge in [-0.3, -0.25) is 9.59 Å². The Balaban J connectivity index is 1.57. The maximum absolute atomic E-state index is 13.3. The van der Waals surface area contributed by atoms with Gasteiger partial charge in [0.25, 0.3) is 5.91 Å². The molecule has 1 fully saturated rings. The Kier molecular flexibility index (Phi) is 4.92. The number of carbonyl (C=O) groups excluding carboxylic acids is 2. The fraction of sp³-hybridized carbons (Fsp3) is 0.300. The van der Waals surface area contributed by atoms with Crippen molar-refractivity contribution in [3.05, 3.63) is 60.4 Å². The molecular formula is C20H22N6O2. The van der Waals surface area contributed by atoms with Crippen LogP contribution in [-0.2, 0) is 11.3 Å². The first-order valence-corrected chi connectivity index (χ1v) is 9.31. The van der Waals surface area contributed by atoms with Gasteiger partial charge in [0.05, 0.1) is 5.56 Å². The highest BCUT2D eigenvalue weighted by Gasteiger charge is 2.29. The molecule has 28 heavy (non-hydrogen) atoms. The quantitative estimate of drug-likeness (QED) is 0.705. The molecule has 2 aromatic heterocycles. The van der Waals surface area contributed by atoms with Crippen LogP contribution in [-0.4, -0.2) is 49.3 Å². The number of nitrogens with zero attached hydrogens (tertiary/aromatic N) is 4. The van der Waals surface area contributed by atoms with Crippen molar-refractivity contribution in [1.82, 2.24) is 24.4 Å². The minimum atomic E-state index is -0.407. The minimum Gasteiger partial charge on any atom is -0.368 e. The van der Waals surface area contributed by atoms with Crippen LogP contribution < -0.4 is 5.73 Å². The summed E-state index contributed by atoms with van der Waals surface area (Å²) in [6.45, 7) is 1.35. The summed E-state index contributed by atoms with van der Waals surface area (Å²) in [5.74, 6) is 1.12. The van der Waals surface area contributed by atoms with Gasteiger partial charge < -0.3 is 20.2 Å². The number of hydrogen-bond acceptors (Lipinski definition) is 4. The average molecular weight is 378 g/mol. The molecule has 3 aromatic rings. The molecule has 0 unspecified atom stereocenters. The zero-order valence-electron chi connectivity index (χ0n) is 15.4. The molecule has 2 amide bonds. The maximum atomic E-state index is 13.3. The van der Waals surface area contributed by atoms with Crippen molar-refractivity contribution in [3.63, 3.8) is 0 Å². The molecule has 1 aromatic carbocycles. The summed E-state index contributed by atoms with van der Waals surface area (Å²) in [5, 5.41) is 0. The van der Waals surface area contributed by atoms with Crippen molar-refractivity contribution < 1.29 is 9.59 Å². The Hall–Kier alpha value is -3.42. The molecule has 1 aliphatic heterocycles. The molecule has 1 aliphatic rings. The smallest absolute Gasteiger partial charge is 0.254 e. The van der Waals surface area contributed by atoms with Gasteiger partial charge in [-0.05, 0) is 18.9 Å². The number of aromatic amines is 1. The van der Waals surface area contributed by atoms with E-state index < -0.39 is 5.91 Å². The molecule has 0 spiro atoms. The third kappa shape index (κ3) is 3.53. The summed E-state index contributed by atoms with van der Waals surface area (Å²) < 4.78 is 1.78. The molecule has 144 valence electrons. The lowest BCUT2D eigenvalue weighted by Crippen LogP contribution is -2.40. The standard InChI is InChI=1S/C20H22N6O2/c21-17(27)13-25-11-9-24-19(25)14-4-3-10-26(12-14)20(28)16-6-2-1-5-15(16)18-22-7-8-23-18/h1-2,5-9,11,14H,3-4,10,12-13H2,(H2,21,27)(H,22,23)/t14-/m1/s1. The lowest BCUT2D eigenvalue weighted by atomic mass is 9.95. The summed E-state index contributed by atoms with van der Waals surface area (Å²) in [6, 6.07) is 7.49. The summed E-state index contributed by atoms with van der Waals surface area (Å²) in [5.41, 5.74) is 6.75. The molecule has 1 saturated heterocycles. The maximum Gasteiger partial charge on any atom is 0.254 e. The fourth-order valence-electron chi connectivity index (χ4n) is 3.81. The topological polar surface area (TPSA) is 110 Å². The van der Waals surface area contributed by atoms with E-state index in [-0.39, 0.29) is 18.4 Å². The largest absolute Gasteiger partial charge is 0.368 e. The third-order valence-corrected chi connectivity index (χ3v) is 5.06. The number of nitrogens with two attached hydrogens (primary N) is 1. The van der Waals surface area contributed by atoms with E-state index in [9.17, 15) is 9.59 Å². The van der Waals surface area contributed by atoms with Gasteiger partial charge >= 0.3 is 0 Å². The van der Waals surface area contributed by atoms with E-state index in [1.807, 2.05) is 29.2 Å². The Morgan fingerprint density at radius 3 is 2.86 bits per heavy atom. The van der Waals surface area contributed by atoms with Crippen molar-refractivity contribution in [2.24, 2.45) is 5.73 Å². The van der Waals surface area contributed by atoms with E-state index >= 15 is 0 Å². The van der Waals surface area contributed by atoms with Crippen LogP contribution in [0.15, 0.2) is 49.1 Å². The first-order chi connectivity index (χ1) is 13.6. The predicted molar refractivity (Wildman–Crippen MR) is 103 cm³/mol. The van der Waals surface area contributed by atoms with Crippen molar-refractivity contribution in [2.45, 2.75) is 25.3 Å². The Labute approximate surface area is 162 Å². The van der Waals surface area contributed by atoms with E-state index in [0.29, 0.717) is 24.5 Å². The molecule has 0 saturated carbocycles. The number of carbonyl (C=O) groups is 2. The number of H-pyrrole nitrogens is 1. The second kappa shape index (κ2) is 7.67. The third-order valence-electron chi connectivity index (χ3n) is 5.06. The van der Waals surface area contributed by atoms with Gasteiger partial charge in [0.15, 0.2) is 0 Å². The fourth-order valence-corrected chi connectivity index (χ4v) is 3.81. The monoisotopic (exact) mass is 378 g/mol. The second-order valence-corrected chi connectivity index (χ2v) is 6.95. The summed E-state index contributed by atoms with van der Waals surface area (Å²) in [6.07, 6.45) is 8.64. The lowest BCUT2D eigenvalue weighted by molar-refractivity contribution is -0.118. The number of aromatic nitrogens is 4. The van der Waals surface area contributed by atoms with Crippen LogP contribution in [0.2, 0.25) is 0 Å². The second-order valence-electron chi connectivity index (χ2n) is 6.95. The molecular weight excluding hydrogens is 356 g/mol. The summed E-state index contributed by atoms with van der Waals surface area (Å²) >= 11 is 0. The van der Waals surface area contributed by atoms with Crippen LogP contribution in [0.5, 0.6) is 0 Å². The normalized spacial score (nSPS) is 16.9. The molecule has 8 heteroatoms. The highest BCUT2D eigenvalue weighted by atomic mass is 16.2. The van der Waals surface area contributed by atoms with E-state index in [1.54, 1.807) is 29.4 Å². The number of benzene rings is 1. The van der Waals surface area contributed by atoms with Gasteiger partial charge in [0, 0.05) is 49.4 Å². The molecule has 3 heterocycles. The first-order valence-electron chi connectivity index (χ1n) is 9.31. The molecule has 0 bridgehead atoms. The van der Waals surface area contributed by atoms with Gasteiger partial charge in [-0.25, -0.2) is 9.97 Å². The molecule has 0 aliphatic carbocycles. The average Bonchev–Trinajstić information content (AvgIpc) is 3.39. The number of nitrogens with one attached hydrogen (secondary N) is 1. The number of likely N-dealkylation sites (tertiary alicyclic amines) is 1. The molecule has 8 nitrogen and oxygen atoms in total. The van der Waals surface area contributed by atoms with E-state index in [1.165, 1.54) is 0 Å². The van der Waals surface area contributed by atoms with E-state index in [0.717, 1.165) is 24.2 Å². The zero-order valence-corrected chi connectivity index (χ0v) is 15.4. The van der Waals surface area contributed by atoms with E-state index in [2.05, 4.69) is 15.0 Å². The number of imidazole rings is 2. The predicted octanol–water partition coefficient (Wildman–Crippen LogP) is 1.78. The molecule has 3 N–H and O–H groups in total. The van der Waals surface area contributed by atoms with Crippen molar-refractivity contribution in [3.8, 4) is 11.4 Å². The number of piperidine rings is 1. The Morgan fingerprint density at radius 2 is 2.07 bits per heavy atom. The van der Waals surface area contributed by atoms with Crippen LogP contribution in [0.3, 0.4) is 0 Å². The minimum absolute atomic E-state index is 0.0234. The lowest BCUT2D eigenvalue weighted by Gasteiger charge is -2.33. The van der Waals surface area contributed by atoms with Gasteiger partial charge in [-0.15, -0.1) is 0 Å². The molecule has 0 radical (unpaired) electrons. The Morgan fingerprint density at radius 1 is 1.21 bits per heavy atom. The SMILES string of the molecule is NC(=O)Cn1ccnc1[C@@H]1CCCN(C(=O)c2ccccc2-c2ncc[nH]2)C1. The van der Waals surface area contributed by atoms with Crippen LogP contribution in [0.1, 0.15) is 34.9 Å². The van der Waals surface area contributed by atoms with Crippen molar-refractivity contribution in [1.29, 1.82) is 0 Å². The highest BCUT2D eigenvalue weighted by molar-refractivity contribution is 6.00. The highest BCUT2D eigenvalue weighted by Crippen LogP contribution is 2.28. The zero-order chi connectivity index (χ0) is 19.5. The van der Waals surface area contributed by atoms with Crippen LogP contribution in [0.4, 0.5) is 0 Å². The van der Waals surface area contributed by atoms with Crippen LogP contribution in [0.25, 0.3) is 11.4 Å². The van der Waals surface area contributed by atoms with Gasteiger partial charge in [-0.1, -0.05) is 18.2 Å². The molecule has 1 atom stereocenters. The number of primary amides is 1. The summed E-state index contributed by atoms with van der Waals surface area (Å²) in [7, 11) is 0. The van der Waals surface area contributed by atoms with Crippen molar-refractivity contribution in [2.75, 3.05) is 13.1 Å². The Bertz CT molecular complexity index is 978. The van der Waals surface area contributed by atoms with E-state index in [4.69, 9.17) is 5.73 Å². The van der Waals surface area contributed by atoms with Gasteiger partial charge in [0.2, 0.25) is 5.91 Å². The number of amides is 2. The first kappa shape index (κ1) is 18.0. The number of hydrogen-bond donors (Lipinski definition) is 2. The van der Waals surface area contributed by atoms with Gasteiger partial charge in [0.1, 0.15) is 18.2 Å². The van der Waals surface area contributed by atoms with Crippen LogP contribution in [0, 0.1) is 0 Å². The van der Waals surface area contributed by atoms with Gasteiger partial charge in [-0.2, -0.15) is 0 Å².